The fraction of sp³-hybridized carbons (Fsp3) is 0.917. The molecule has 17 heavy (non-hydrogen) atoms. The number of hydrogen-bond acceptors (Lipinski definition) is 5. The predicted octanol–water partition coefficient (Wildman–Crippen LogP) is 1.42. The van der Waals surface area contributed by atoms with Crippen LogP contribution in [0.2, 0.25) is 0 Å². The number of hydrogen-bond donors (Lipinski definition) is 2. The molecule has 5 heteroatoms. The Morgan fingerprint density at radius 3 is 2.53 bits per heavy atom. The summed E-state index contributed by atoms with van der Waals surface area (Å²) >= 11 is 1.67. The highest BCUT2D eigenvalue weighted by molar-refractivity contribution is 7.99. The van der Waals surface area contributed by atoms with Crippen LogP contribution in [-0.2, 0) is 9.53 Å². The summed E-state index contributed by atoms with van der Waals surface area (Å²) in [4.78, 5) is 11.7. The first-order chi connectivity index (χ1) is 7.87. The molecule has 0 aliphatic carbocycles. The smallest absolute Gasteiger partial charge is 0.325 e. The molecule has 0 rings (SSSR count). The van der Waals surface area contributed by atoms with Gasteiger partial charge in [-0.2, -0.15) is 11.8 Å². The lowest BCUT2D eigenvalue weighted by molar-refractivity contribution is -0.147. The predicted molar refractivity (Wildman–Crippen MR) is 72.3 cm³/mol. The Morgan fingerprint density at radius 1 is 1.53 bits per heavy atom. The zero-order chi connectivity index (χ0) is 13.5. The topological polar surface area (TPSA) is 58.6 Å². The van der Waals surface area contributed by atoms with Crippen molar-refractivity contribution < 1.29 is 14.6 Å². The second-order valence-corrected chi connectivity index (χ2v) is 5.91. The molecule has 0 amide bonds. The first-order valence-electron chi connectivity index (χ1n) is 6.00. The van der Waals surface area contributed by atoms with Crippen molar-refractivity contribution in [2.45, 2.75) is 51.0 Å². The van der Waals surface area contributed by atoms with Crippen molar-refractivity contribution in [1.82, 2.24) is 5.32 Å². The standard InChI is InChI=1S/C12H25NO3S/c1-6-13-12(4,11(15)16-5)7-8-17-10(3)9(2)14/h9-10,13-14H,6-8H2,1-5H3. The van der Waals surface area contributed by atoms with Gasteiger partial charge in [-0.3, -0.25) is 4.79 Å². The number of ether oxygens (including phenoxy) is 1. The van der Waals surface area contributed by atoms with E-state index >= 15 is 0 Å². The van der Waals surface area contributed by atoms with Gasteiger partial charge in [0.05, 0.1) is 13.2 Å². The summed E-state index contributed by atoms with van der Waals surface area (Å²) in [6, 6.07) is 0. The lowest BCUT2D eigenvalue weighted by Crippen LogP contribution is -2.50. The minimum atomic E-state index is -0.630. The minimum absolute atomic E-state index is 0.179. The van der Waals surface area contributed by atoms with Gasteiger partial charge in [0.1, 0.15) is 5.54 Å². The highest BCUT2D eigenvalue weighted by Crippen LogP contribution is 2.20. The summed E-state index contributed by atoms with van der Waals surface area (Å²) in [5.74, 6) is 0.578. The van der Waals surface area contributed by atoms with E-state index in [1.807, 2.05) is 20.8 Å². The molecule has 102 valence electrons. The molecule has 0 aliphatic rings. The Morgan fingerprint density at radius 2 is 2.12 bits per heavy atom. The van der Waals surface area contributed by atoms with E-state index in [1.54, 1.807) is 18.7 Å². The van der Waals surface area contributed by atoms with Crippen molar-refractivity contribution >= 4 is 17.7 Å². The molecule has 3 unspecified atom stereocenters. The third-order valence-electron chi connectivity index (χ3n) is 2.87. The second-order valence-electron chi connectivity index (χ2n) is 4.42. The van der Waals surface area contributed by atoms with Crippen LogP contribution in [0.25, 0.3) is 0 Å². The van der Waals surface area contributed by atoms with Crippen LogP contribution in [0.3, 0.4) is 0 Å². The van der Waals surface area contributed by atoms with Crippen LogP contribution in [0, 0.1) is 0 Å². The molecule has 0 radical (unpaired) electrons. The molecule has 0 bridgehead atoms. The number of nitrogens with one attached hydrogen (secondary N) is 1. The number of aliphatic hydroxyl groups excluding tert-OH is 1. The summed E-state index contributed by atoms with van der Waals surface area (Å²) in [6.07, 6.45) is 0.360. The third kappa shape index (κ3) is 5.75. The molecule has 0 saturated carbocycles. The normalized spacial score (nSPS) is 18.2. The Bertz CT molecular complexity index is 236. The maximum atomic E-state index is 11.7. The number of methoxy groups -OCH3 is 1. The van der Waals surface area contributed by atoms with E-state index in [4.69, 9.17) is 4.74 Å². The maximum Gasteiger partial charge on any atom is 0.325 e. The molecule has 4 nitrogen and oxygen atoms in total. The lowest BCUT2D eigenvalue weighted by Gasteiger charge is -2.28. The molecule has 0 aromatic rings. The van der Waals surface area contributed by atoms with Crippen molar-refractivity contribution in [1.29, 1.82) is 0 Å². The molecule has 0 spiro atoms. The van der Waals surface area contributed by atoms with Crippen molar-refractivity contribution in [3.63, 3.8) is 0 Å². The molecule has 0 saturated heterocycles. The quantitative estimate of drug-likeness (QED) is 0.649. The average Bonchev–Trinajstić information content (AvgIpc) is 2.27. The van der Waals surface area contributed by atoms with Crippen molar-refractivity contribution in [2.24, 2.45) is 0 Å². The van der Waals surface area contributed by atoms with Gasteiger partial charge >= 0.3 is 5.97 Å². The number of likely N-dealkylation sites (N-methyl/N-ethyl adjacent to an activating group) is 1. The van der Waals surface area contributed by atoms with Crippen LogP contribution in [0.1, 0.15) is 34.1 Å². The van der Waals surface area contributed by atoms with Crippen LogP contribution < -0.4 is 5.32 Å². The van der Waals surface area contributed by atoms with E-state index in [1.165, 1.54) is 7.11 Å². The molecule has 0 aliphatic heterocycles. The summed E-state index contributed by atoms with van der Waals surface area (Å²) in [5.41, 5.74) is -0.630. The Balaban J connectivity index is 4.23. The Labute approximate surface area is 108 Å². The van der Waals surface area contributed by atoms with Gasteiger partial charge in [0.25, 0.3) is 0 Å². The monoisotopic (exact) mass is 263 g/mol. The summed E-state index contributed by atoms with van der Waals surface area (Å²) in [7, 11) is 1.41. The minimum Gasteiger partial charge on any atom is -0.468 e. The molecular weight excluding hydrogens is 238 g/mol. The zero-order valence-electron chi connectivity index (χ0n) is 11.4. The van der Waals surface area contributed by atoms with Crippen LogP contribution >= 0.6 is 11.8 Å². The fourth-order valence-electron chi connectivity index (χ4n) is 1.47. The Kier molecular flexibility index (Phi) is 7.83. The number of rotatable bonds is 8. The lowest BCUT2D eigenvalue weighted by atomic mass is 9.99. The van der Waals surface area contributed by atoms with Crippen LogP contribution in [0.15, 0.2) is 0 Å². The average molecular weight is 263 g/mol. The van der Waals surface area contributed by atoms with Gasteiger partial charge in [0.15, 0.2) is 0 Å². The van der Waals surface area contributed by atoms with E-state index in [9.17, 15) is 9.90 Å². The van der Waals surface area contributed by atoms with Crippen LogP contribution in [0.4, 0.5) is 0 Å². The fourth-order valence-corrected chi connectivity index (χ4v) is 2.64. The van der Waals surface area contributed by atoms with E-state index in [0.29, 0.717) is 6.42 Å². The SMILES string of the molecule is CCNC(C)(CCSC(C)C(C)O)C(=O)OC. The molecule has 0 fully saturated rings. The van der Waals surface area contributed by atoms with Gasteiger partial charge in [-0.05, 0) is 32.6 Å². The first-order valence-corrected chi connectivity index (χ1v) is 7.05. The first kappa shape index (κ1) is 16.7. The highest BCUT2D eigenvalue weighted by atomic mass is 32.2. The van der Waals surface area contributed by atoms with E-state index in [2.05, 4.69) is 5.32 Å². The van der Waals surface area contributed by atoms with Gasteiger partial charge < -0.3 is 15.2 Å². The van der Waals surface area contributed by atoms with Gasteiger partial charge in [-0.15, -0.1) is 0 Å². The van der Waals surface area contributed by atoms with Crippen LogP contribution in [-0.4, -0.2) is 47.4 Å². The van der Waals surface area contributed by atoms with Gasteiger partial charge in [0.2, 0.25) is 0 Å². The van der Waals surface area contributed by atoms with Gasteiger partial charge in [0, 0.05) is 5.25 Å². The van der Waals surface area contributed by atoms with Gasteiger partial charge in [-0.1, -0.05) is 13.8 Å². The van der Waals surface area contributed by atoms with Crippen molar-refractivity contribution in [3.8, 4) is 0 Å². The zero-order valence-corrected chi connectivity index (χ0v) is 12.3. The van der Waals surface area contributed by atoms with Crippen molar-refractivity contribution in [3.05, 3.63) is 0 Å². The largest absolute Gasteiger partial charge is 0.468 e. The molecule has 3 atom stereocenters. The van der Waals surface area contributed by atoms with Gasteiger partial charge in [-0.25, -0.2) is 0 Å². The number of carbonyl (C=O) groups is 1. The van der Waals surface area contributed by atoms with E-state index in [0.717, 1.165) is 12.3 Å². The third-order valence-corrected chi connectivity index (χ3v) is 4.22. The van der Waals surface area contributed by atoms with E-state index < -0.39 is 5.54 Å². The molecule has 2 N–H and O–H groups in total. The summed E-state index contributed by atoms with van der Waals surface area (Å²) in [5, 5.41) is 12.7. The maximum absolute atomic E-state index is 11.7. The number of esters is 1. The highest BCUT2D eigenvalue weighted by Gasteiger charge is 2.33. The summed E-state index contributed by atoms with van der Waals surface area (Å²) in [6.45, 7) is 8.31. The number of aliphatic hydroxyl groups is 1. The Hall–Kier alpha value is -0.260. The molecule has 0 aromatic heterocycles. The molecular formula is C12H25NO3S. The summed E-state index contributed by atoms with van der Waals surface area (Å²) < 4.78 is 4.81. The van der Waals surface area contributed by atoms with Crippen molar-refractivity contribution in [2.75, 3.05) is 19.4 Å². The second kappa shape index (κ2) is 7.95. The molecule has 0 heterocycles. The number of thioether (sulfide) groups is 1. The molecule has 0 aromatic carbocycles. The van der Waals surface area contributed by atoms with E-state index in [-0.39, 0.29) is 17.3 Å². The number of carbonyl (C=O) groups excluding carboxylic acids is 1. The van der Waals surface area contributed by atoms with Crippen LogP contribution in [0.5, 0.6) is 0 Å².